The number of benzene rings is 2. The Morgan fingerprint density at radius 2 is 1.58 bits per heavy atom. The Bertz CT molecular complexity index is 1220. The van der Waals surface area contributed by atoms with E-state index in [9.17, 15) is 21.6 Å². The minimum atomic E-state index is -3.76. The molecule has 1 aliphatic rings. The third kappa shape index (κ3) is 5.29. The average Bonchev–Trinajstić information content (AvgIpc) is 2.80. The number of nitrogens with zero attached hydrogens (tertiary/aromatic N) is 2. The number of para-hydroxylation sites is 1. The van der Waals surface area contributed by atoms with E-state index >= 15 is 0 Å². The molecule has 1 amide bonds. The molecular formula is C23H31N3O5S2. The van der Waals surface area contributed by atoms with E-state index < -0.39 is 26.0 Å². The Hall–Kier alpha value is -2.27. The van der Waals surface area contributed by atoms with Gasteiger partial charge >= 0.3 is 0 Å². The highest BCUT2D eigenvalue weighted by Crippen LogP contribution is 2.28. The summed E-state index contributed by atoms with van der Waals surface area (Å²) in [5.74, 6) is -0.577. The topological polar surface area (TPSA) is 104 Å². The number of aryl methyl sites for hydroxylation is 1. The van der Waals surface area contributed by atoms with Crippen LogP contribution in [-0.4, -0.2) is 57.5 Å². The van der Waals surface area contributed by atoms with Gasteiger partial charge in [-0.15, -0.1) is 0 Å². The molecule has 2 aromatic carbocycles. The van der Waals surface area contributed by atoms with Crippen molar-refractivity contribution < 1.29 is 21.6 Å². The maximum Gasteiger partial charge on any atom is 0.255 e. The second kappa shape index (κ2) is 10.3. The normalized spacial score (nSPS) is 15.5. The summed E-state index contributed by atoms with van der Waals surface area (Å²) < 4.78 is 55.2. The molecule has 0 unspecified atom stereocenters. The Morgan fingerprint density at radius 3 is 2.21 bits per heavy atom. The summed E-state index contributed by atoms with van der Waals surface area (Å²) in [4.78, 5) is 13.1. The van der Waals surface area contributed by atoms with E-state index in [4.69, 9.17) is 0 Å². The van der Waals surface area contributed by atoms with Crippen molar-refractivity contribution in [3.8, 4) is 0 Å². The lowest BCUT2D eigenvalue weighted by Gasteiger charge is -2.26. The molecule has 2 aromatic rings. The van der Waals surface area contributed by atoms with Crippen LogP contribution in [0.5, 0.6) is 0 Å². The minimum Gasteiger partial charge on any atom is -0.321 e. The summed E-state index contributed by atoms with van der Waals surface area (Å²) in [7, 11) is -7.52. The van der Waals surface area contributed by atoms with Crippen molar-refractivity contribution in [2.75, 3.05) is 31.5 Å². The SMILES string of the molecule is CCN(CC)S(=O)(=O)c1cc(C(=O)Nc2ccccc2S(=O)(=O)N2CCCCC2)ccc1C. The zero-order chi connectivity index (χ0) is 24.2. The van der Waals surface area contributed by atoms with Crippen LogP contribution in [0.25, 0.3) is 0 Å². The Labute approximate surface area is 196 Å². The Morgan fingerprint density at radius 1 is 0.939 bits per heavy atom. The van der Waals surface area contributed by atoms with Crippen LogP contribution in [-0.2, 0) is 20.0 Å². The number of hydrogen-bond acceptors (Lipinski definition) is 5. The largest absolute Gasteiger partial charge is 0.321 e. The van der Waals surface area contributed by atoms with E-state index in [1.54, 1.807) is 39.0 Å². The number of carbonyl (C=O) groups is 1. The van der Waals surface area contributed by atoms with Gasteiger partial charge in [-0.25, -0.2) is 16.8 Å². The first kappa shape index (κ1) is 25.4. The van der Waals surface area contributed by atoms with Crippen molar-refractivity contribution >= 4 is 31.6 Å². The van der Waals surface area contributed by atoms with Gasteiger partial charge in [0.25, 0.3) is 5.91 Å². The molecule has 0 aliphatic carbocycles. The van der Waals surface area contributed by atoms with Gasteiger partial charge < -0.3 is 5.32 Å². The van der Waals surface area contributed by atoms with Crippen molar-refractivity contribution in [1.29, 1.82) is 0 Å². The summed E-state index contributed by atoms with van der Waals surface area (Å²) in [6.45, 7) is 6.73. The zero-order valence-electron chi connectivity index (χ0n) is 19.2. The van der Waals surface area contributed by atoms with Crippen LogP contribution < -0.4 is 5.32 Å². The third-order valence-electron chi connectivity index (χ3n) is 5.84. The second-order valence-corrected chi connectivity index (χ2v) is 11.8. The van der Waals surface area contributed by atoms with Gasteiger partial charge in [0.15, 0.2) is 0 Å². The average molecular weight is 494 g/mol. The lowest BCUT2D eigenvalue weighted by atomic mass is 10.1. The van der Waals surface area contributed by atoms with E-state index in [1.807, 2.05) is 0 Å². The maximum absolute atomic E-state index is 13.2. The lowest BCUT2D eigenvalue weighted by Crippen LogP contribution is -2.36. The van der Waals surface area contributed by atoms with Gasteiger partial charge in [-0.2, -0.15) is 8.61 Å². The molecule has 1 heterocycles. The molecule has 0 radical (unpaired) electrons. The van der Waals surface area contributed by atoms with Gasteiger partial charge in [-0.1, -0.05) is 38.5 Å². The highest BCUT2D eigenvalue weighted by atomic mass is 32.2. The predicted molar refractivity (Wildman–Crippen MR) is 128 cm³/mol. The van der Waals surface area contributed by atoms with Crippen LogP contribution in [0.2, 0.25) is 0 Å². The van der Waals surface area contributed by atoms with E-state index in [-0.39, 0.29) is 21.0 Å². The fraction of sp³-hybridized carbons (Fsp3) is 0.435. The van der Waals surface area contributed by atoms with E-state index in [2.05, 4.69) is 5.32 Å². The van der Waals surface area contributed by atoms with Crippen LogP contribution in [0.1, 0.15) is 49.0 Å². The molecule has 33 heavy (non-hydrogen) atoms. The molecule has 0 aromatic heterocycles. The minimum absolute atomic E-state index is 0.0309. The summed E-state index contributed by atoms with van der Waals surface area (Å²) >= 11 is 0. The number of hydrogen-bond donors (Lipinski definition) is 1. The molecule has 0 saturated carbocycles. The number of rotatable bonds is 8. The summed E-state index contributed by atoms with van der Waals surface area (Å²) in [5.41, 5.74) is 0.838. The van der Waals surface area contributed by atoms with Crippen molar-refractivity contribution in [1.82, 2.24) is 8.61 Å². The van der Waals surface area contributed by atoms with Crippen LogP contribution >= 0.6 is 0 Å². The van der Waals surface area contributed by atoms with Gasteiger partial charge in [-0.3, -0.25) is 4.79 Å². The lowest BCUT2D eigenvalue weighted by molar-refractivity contribution is 0.102. The van der Waals surface area contributed by atoms with Crippen LogP contribution in [0.15, 0.2) is 52.3 Å². The molecule has 0 spiro atoms. The van der Waals surface area contributed by atoms with Gasteiger partial charge in [0.05, 0.1) is 10.6 Å². The third-order valence-corrected chi connectivity index (χ3v) is 9.99. The molecule has 1 N–H and O–H groups in total. The summed E-state index contributed by atoms with van der Waals surface area (Å²) in [5, 5.41) is 2.67. The fourth-order valence-corrected chi connectivity index (χ4v) is 7.33. The van der Waals surface area contributed by atoms with E-state index in [1.165, 1.54) is 32.9 Å². The number of amides is 1. The molecular weight excluding hydrogens is 462 g/mol. The number of sulfonamides is 2. The van der Waals surface area contributed by atoms with Gasteiger partial charge in [-0.05, 0) is 49.6 Å². The number of anilines is 1. The van der Waals surface area contributed by atoms with E-state index in [0.717, 1.165) is 19.3 Å². The maximum atomic E-state index is 13.2. The molecule has 1 fully saturated rings. The summed E-state index contributed by atoms with van der Waals surface area (Å²) in [6.07, 6.45) is 2.61. The van der Waals surface area contributed by atoms with E-state index in [0.29, 0.717) is 31.7 Å². The molecule has 3 rings (SSSR count). The molecule has 1 aliphatic heterocycles. The predicted octanol–water partition coefficient (Wildman–Crippen LogP) is 3.45. The zero-order valence-corrected chi connectivity index (χ0v) is 20.9. The van der Waals surface area contributed by atoms with Crippen LogP contribution in [0.3, 0.4) is 0 Å². The van der Waals surface area contributed by atoms with Crippen molar-refractivity contribution in [2.24, 2.45) is 0 Å². The molecule has 0 bridgehead atoms. The summed E-state index contributed by atoms with van der Waals surface area (Å²) in [6, 6.07) is 10.8. The highest BCUT2D eigenvalue weighted by molar-refractivity contribution is 7.89. The number of nitrogens with one attached hydrogen (secondary N) is 1. The number of carbonyl (C=O) groups excluding carboxylic acids is 1. The van der Waals surface area contributed by atoms with Gasteiger partial charge in [0.2, 0.25) is 20.0 Å². The van der Waals surface area contributed by atoms with Crippen LogP contribution in [0.4, 0.5) is 5.69 Å². The standard InChI is InChI=1S/C23H31N3O5S2/c1-4-25(5-2)33(30,31)22-17-19(14-13-18(22)3)23(27)24-20-11-7-8-12-21(20)32(28,29)26-15-9-6-10-16-26/h7-8,11-14,17H,4-6,9-10,15-16H2,1-3H3,(H,24,27). The molecule has 10 heteroatoms. The Kier molecular flexibility index (Phi) is 7.94. The molecule has 0 atom stereocenters. The van der Waals surface area contributed by atoms with Crippen molar-refractivity contribution in [3.05, 3.63) is 53.6 Å². The first-order chi connectivity index (χ1) is 15.6. The highest BCUT2D eigenvalue weighted by Gasteiger charge is 2.29. The van der Waals surface area contributed by atoms with Crippen molar-refractivity contribution in [3.63, 3.8) is 0 Å². The quantitative estimate of drug-likeness (QED) is 0.607. The fourth-order valence-electron chi connectivity index (χ4n) is 3.96. The molecule has 180 valence electrons. The first-order valence-corrected chi connectivity index (χ1v) is 14.0. The van der Waals surface area contributed by atoms with Crippen molar-refractivity contribution in [2.45, 2.75) is 49.8 Å². The number of piperidine rings is 1. The molecule has 1 saturated heterocycles. The Balaban J connectivity index is 1.94. The van der Waals surface area contributed by atoms with Crippen LogP contribution in [0, 0.1) is 6.92 Å². The molecule has 8 nitrogen and oxygen atoms in total. The van der Waals surface area contributed by atoms with Gasteiger partial charge in [0, 0.05) is 31.7 Å². The second-order valence-electron chi connectivity index (χ2n) is 7.98. The smallest absolute Gasteiger partial charge is 0.255 e. The van der Waals surface area contributed by atoms with Gasteiger partial charge in [0.1, 0.15) is 4.90 Å². The monoisotopic (exact) mass is 493 g/mol. The first-order valence-electron chi connectivity index (χ1n) is 11.1.